The Kier molecular flexibility index (Phi) is 5.10. The van der Waals surface area contributed by atoms with Crippen molar-refractivity contribution < 1.29 is 0 Å². The first-order chi connectivity index (χ1) is 11.7. The predicted octanol–water partition coefficient (Wildman–Crippen LogP) is 5.93. The van der Waals surface area contributed by atoms with Gasteiger partial charge in [0.15, 0.2) is 0 Å². The summed E-state index contributed by atoms with van der Waals surface area (Å²) in [5.41, 5.74) is 6.38. The number of hydrogen-bond acceptors (Lipinski definition) is 1. The van der Waals surface area contributed by atoms with Gasteiger partial charge < -0.3 is 4.98 Å². The summed E-state index contributed by atoms with van der Waals surface area (Å²) in [6.45, 7) is 4.31. The topological polar surface area (TPSA) is 28.7 Å². The molecule has 0 radical (unpaired) electrons. The second kappa shape index (κ2) is 7.28. The van der Waals surface area contributed by atoms with Crippen molar-refractivity contribution in [1.29, 1.82) is 0 Å². The molecular formula is C22H23ClN2. The number of fused-ring (bicyclic) bond motifs is 2. The van der Waals surface area contributed by atoms with E-state index >= 15 is 0 Å². The third kappa shape index (κ3) is 3.40. The summed E-state index contributed by atoms with van der Waals surface area (Å²) in [5.74, 6) is 0. The highest BCUT2D eigenvalue weighted by Crippen LogP contribution is 2.24. The summed E-state index contributed by atoms with van der Waals surface area (Å²) in [7, 11) is 0. The van der Waals surface area contributed by atoms with Gasteiger partial charge in [0.05, 0.1) is 11.2 Å². The highest BCUT2D eigenvalue weighted by molar-refractivity contribution is 5.86. The molecule has 0 atom stereocenters. The lowest BCUT2D eigenvalue weighted by Gasteiger charge is -2.05. The van der Waals surface area contributed by atoms with Crippen LogP contribution in [-0.4, -0.2) is 9.97 Å². The number of hydrogen-bond donors (Lipinski definition) is 1. The van der Waals surface area contributed by atoms with Crippen molar-refractivity contribution in [2.45, 2.75) is 33.1 Å². The Hall–Kier alpha value is -2.32. The first-order valence-electron chi connectivity index (χ1n) is 8.63. The van der Waals surface area contributed by atoms with E-state index in [1.54, 1.807) is 0 Å². The van der Waals surface area contributed by atoms with Gasteiger partial charge >= 0.3 is 0 Å². The quantitative estimate of drug-likeness (QED) is 0.485. The minimum Gasteiger partial charge on any atom is -0.357 e. The predicted molar refractivity (Wildman–Crippen MR) is 109 cm³/mol. The Morgan fingerprint density at radius 2 is 1.72 bits per heavy atom. The first kappa shape index (κ1) is 17.5. The van der Waals surface area contributed by atoms with E-state index < -0.39 is 0 Å². The molecule has 0 fully saturated rings. The molecule has 0 bridgehead atoms. The molecule has 0 aliphatic carbocycles. The number of H-pyrrole nitrogens is 1. The molecule has 2 aromatic carbocycles. The molecule has 0 saturated carbocycles. The molecule has 0 aliphatic heterocycles. The van der Waals surface area contributed by atoms with Crippen LogP contribution in [0.3, 0.4) is 0 Å². The largest absolute Gasteiger partial charge is 0.357 e. The summed E-state index contributed by atoms with van der Waals surface area (Å²) >= 11 is 0. The van der Waals surface area contributed by atoms with Crippen LogP contribution in [0.5, 0.6) is 0 Å². The Labute approximate surface area is 154 Å². The summed E-state index contributed by atoms with van der Waals surface area (Å²) in [6.07, 6.45) is 5.14. The minimum absolute atomic E-state index is 0. The number of nitrogens with one attached hydrogen (secondary N) is 1. The maximum atomic E-state index is 4.61. The fourth-order valence-electron chi connectivity index (χ4n) is 3.48. The van der Waals surface area contributed by atoms with Gasteiger partial charge in [-0.25, -0.2) is 0 Å². The van der Waals surface area contributed by atoms with Gasteiger partial charge in [0.1, 0.15) is 0 Å². The molecule has 4 aromatic rings. The van der Waals surface area contributed by atoms with E-state index in [4.69, 9.17) is 0 Å². The number of benzene rings is 2. The monoisotopic (exact) mass is 350 g/mol. The average molecular weight is 351 g/mol. The second-order valence-corrected chi connectivity index (χ2v) is 6.59. The molecule has 0 amide bonds. The van der Waals surface area contributed by atoms with Crippen molar-refractivity contribution in [2.75, 3.05) is 0 Å². The van der Waals surface area contributed by atoms with Gasteiger partial charge in [-0.1, -0.05) is 42.5 Å². The van der Waals surface area contributed by atoms with Crippen LogP contribution in [0.2, 0.25) is 0 Å². The van der Waals surface area contributed by atoms with E-state index in [2.05, 4.69) is 72.3 Å². The summed E-state index contributed by atoms with van der Waals surface area (Å²) < 4.78 is 0. The van der Waals surface area contributed by atoms with Crippen LogP contribution in [-0.2, 0) is 12.8 Å². The Balaban J connectivity index is 0.00000182. The van der Waals surface area contributed by atoms with E-state index in [0.29, 0.717) is 0 Å². The number of pyridine rings is 1. The maximum absolute atomic E-state index is 4.61. The third-order valence-electron chi connectivity index (χ3n) is 5.00. The van der Waals surface area contributed by atoms with Crippen LogP contribution in [0.4, 0.5) is 0 Å². The number of aromatic nitrogens is 2. The van der Waals surface area contributed by atoms with Gasteiger partial charge in [-0.3, -0.25) is 4.98 Å². The van der Waals surface area contributed by atoms with Crippen LogP contribution in [0.15, 0.2) is 54.7 Å². The molecule has 0 saturated heterocycles. The van der Waals surface area contributed by atoms with Crippen molar-refractivity contribution >= 4 is 34.1 Å². The molecule has 128 valence electrons. The van der Waals surface area contributed by atoms with E-state index in [-0.39, 0.29) is 12.4 Å². The molecule has 3 heteroatoms. The minimum atomic E-state index is 0. The Bertz CT molecular complexity index is 1020. The highest BCUT2D eigenvalue weighted by Gasteiger charge is 2.09. The van der Waals surface area contributed by atoms with Crippen molar-refractivity contribution in [1.82, 2.24) is 9.97 Å². The maximum Gasteiger partial charge on any atom is 0.0677 e. The van der Waals surface area contributed by atoms with Crippen LogP contribution in [0, 0.1) is 13.8 Å². The number of rotatable bonds is 4. The lowest BCUT2D eigenvalue weighted by atomic mass is 10.0. The SMILES string of the molecule is Cc1[nH]c2c(CCCc3ccc4ccccc4c3)nccc2c1C.Cl. The molecule has 0 unspecified atom stereocenters. The fourth-order valence-corrected chi connectivity index (χ4v) is 3.48. The Morgan fingerprint density at radius 1 is 0.920 bits per heavy atom. The number of aromatic amines is 1. The number of aryl methyl sites for hydroxylation is 4. The zero-order chi connectivity index (χ0) is 16.5. The molecule has 0 aliphatic rings. The summed E-state index contributed by atoms with van der Waals surface area (Å²) in [6, 6.07) is 17.4. The normalized spacial score (nSPS) is 11.0. The highest BCUT2D eigenvalue weighted by atomic mass is 35.5. The smallest absolute Gasteiger partial charge is 0.0677 e. The average Bonchev–Trinajstić information content (AvgIpc) is 2.90. The van der Waals surface area contributed by atoms with Crippen LogP contribution < -0.4 is 0 Å². The van der Waals surface area contributed by atoms with Crippen LogP contribution >= 0.6 is 12.4 Å². The van der Waals surface area contributed by atoms with Crippen molar-refractivity contribution in [3.8, 4) is 0 Å². The molecule has 2 nitrogen and oxygen atoms in total. The molecule has 2 aromatic heterocycles. The van der Waals surface area contributed by atoms with Crippen molar-refractivity contribution in [3.05, 3.63) is 77.2 Å². The van der Waals surface area contributed by atoms with Gasteiger partial charge in [-0.15, -0.1) is 12.4 Å². The van der Waals surface area contributed by atoms with E-state index in [1.165, 1.54) is 44.2 Å². The van der Waals surface area contributed by atoms with Crippen molar-refractivity contribution in [3.63, 3.8) is 0 Å². The number of nitrogens with zero attached hydrogens (tertiary/aromatic N) is 1. The zero-order valence-corrected chi connectivity index (χ0v) is 15.5. The van der Waals surface area contributed by atoms with Gasteiger partial charge in [-0.2, -0.15) is 0 Å². The summed E-state index contributed by atoms with van der Waals surface area (Å²) in [5, 5.41) is 3.94. The van der Waals surface area contributed by atoms with Gasteiger partial charge in [0, 0.05) is 17.3 Å². The van der Waals surface area contributed by atoms with Crippen LogP contribution in [0.25, 0.3) is 21.7 Å². The van der Waals surface area contributed by atoms with Gasteiger partial charge in [-0.05, 0) is 61.1 Å². The van der Waals surface area contributed by atoms with Crippen LogP contribution in [0.1, 0.15) is 28.9 Å². The molecular weight excluding hydrogens is 328 g/mol. The van der Waals surface area contributed by atoms with Crippen molar-refractivity contribution in [2.24, 2.45) is 0 Å². The fraction of sp³-hybridized carbons (Fsp3) is 0.227. The molecule has 25 heavy (non-hydrogen) atoms. The lowest BCUT2D eigenvalue weighted by Crippen LogP contribution is -1.94. The summed E-state index contributed by atoms with van der Waals surface area (Å²) in [4.78, 5) is 8.12. The second-order valence-electron chi connectivity index (χ2n) is 6.59. The van der Waals surface area contributed by atoms with Gasteiger partial charge in [0.25, 0.3) is 0 Å². The molecule has 1 N–H and O–H groups in total. The Morgan fingerprint density at radius 3 is 2.56 bits per heavy atom. The van der Waals surface area contributed by atoms with Gasteiger partial charge in [0.2, 0.25) is 0 Å². The molecule has 0 spiro atoms. The first-order valence-corrected chi connectivity index (χ1v) is 8.63. The zero-order valence-electron chi connectivity index (χ0n) is 14.7. The number of halogens is 1. The van der Waals surface area contributed by atoms with E-state index in [1.807, 2.05) is 6.20 Å². The molecule has 4 rings (SSSR count). The third-order valence-corrected chi connectivity index (χ3v) is 5.00. The lowest BCUT2D eigenvalue weighted by molar-refractivity contribution is 0.804. The standard InChI is InChI=1S/C22H22N2.ClH/c1-15-16(2)24-22-20(15)12-13-23-21(22)9-5-6-17-10-11-18-7-3-4-8-19(18)14-17;/h3-4,7-8,10-14,24H,5-6,9H2,1-2H3;1H. The molecule has 2 heterocycles. The van der Waals surface area contributed by atoms with E-state index in [0.717, 1.165) is 19.3 Å². The van der Waals surface area contributed by atoms with E-state index in [9.17, 15) is 0 Å².